The maximum Gasteiger partial charge on any atom is 0.411 e. The Morgan fingerprint density at radius 2 is 2.19 bits per heavy atom. The van der Waals surface area contributed by atoms with Crippen molar-refractivity contribution in [3.8, 4) is 0 Å². The molecule has 5 nitrogen and oxygen atoms in total. The van der Waals surface area contributed by atoms with Gasteiger partial charge in [-0.05, 0) is 37.0 Å². The zero-order valence-corrected chi connectivity index (χ0v) is 12.6. The van der Waals surface area contributed by atoms with Gasteiger partial charge in [0.05, 0.1) is 11.0 Å². The minimum Gasteiger partial charge on any atom is -0.465 e. The first kappa shape index (κ1) is 14.3. The number of imidazole rings is 1. The molecule has 2 aromatic rings. The smallest absolute Gasteiger partial charge is 0.411 e. The topological polar surface area (TPSA) is 78.0 Å². The zero-order chi connectivity index (χ0) is 14.7. The number of aromatic amines is 1. The van der Waals surface area contributed by atoms with Crippen molar-refractivity contribution < 1.29 is 9.90 Å². The van der Waals surface area contributed by atoms with Crippen molar-refractivity contribution in [2.45, 2.75) is 37.0 Å². The summed E-state index contributed by atoms with van der Waals surface area (Å²) in [7, 11) is 0. The van der Waals surface area contributed by atoms with Crippen molar-refractivity contribution in [2.75, 3.05) is 11.1 Å². The zero-order valence-electron chi connectivity index (χ0n) is 11.8. The molecule has 1 amide bonds. The van der Waals surface area contributed by atoms with Crippen LogP contribution in [0.1, 0.15) is 32.1 Å². The van der Waals surface area contributed by atoms with Crippen molar-refractivity contribution in [1.29, 1.82) is 0 Å². The molecule has 1 saturated carbocycles. The van der Waals surface area contributed by atoms with Crippen LogP contribution in [0.3, 0.4) is 0 Å². The lowest BCUT2D eigenvalue weighted by atomic mass is 9.91. The van der Waals surface area contributed by atoms with Crippen molar-refractivity contribution in [3.05, 3.63) is 18.2 Å². The highest BCUT2D eigenvalue weighted by atomic mass is 32.2. The Hall–Kier alpha value is -1.69. The molecule has 0 atom stereocenters. The molecule has 1 aliphatic carbocycles. The molecule has 1 fully saturated rings. The third-order valence-electron chi connectivity index (χ3n) is 3.89. The van der Waals surface area contributed by atoms with Gasteiger partial charge in [-0.3, -0.25) is 5.32 Å². The van der Waals surface area contributed by atoms with Crippen LogP contribution in [-0.4, -0.2) is 26.9 Å². The van der Waals surface area contributed by atoms with Crippen LogP contribution in [0.4, 0.5) is 10.7 Å². The number of amides is 1. The van der Waals surface area contributed by atoms with E-state index in [1.165, 1.54) is 37.0 Å². The van der Waals surface area contributed by atoms with E-state index < -0.39 is 6.09 Å². The van der Waals surface area contributed by atoms with Crippen LogP contribution in [0.15, 0.2) is 23.1 Å². The number of nitrogens with one attached hydrogen (secondary N) is 2. The molecule has 3 rings (SSSR count). The van der Waals surface area contributed by atoms with Gasteiger partial charge in [-0.25, -0.2) is 9.78 Å². The Morgan fingerprint density at radius 1 is 1.38 bits per heavy atom. The molecule has 1 aromatic carbocycles. The number of thioether (sulfide) groups is 1. The van der Waals surface area contributed by atoms with Gasteiger partial charge >= 0.3 is 6.09 Å². The van der Waals surface area contributed by atoms with Gasteiger partial charge in [0, 0.05) is 10.6 Å². The van der Waals surface area contributed by atoms with Crippen LogP contribution in [0.25, 0.3) is 11.0 Å². The molecule has 1 heterocycles. The normalized spacial score (nSPS) is 16.2. The number of rotatable bonds is 4. The molecule has 0 aliphatic heterocycles. The number of aromatic nitrogens is 2. The molecule has 112 valence electrons. The van der Waals surface area contributed by atoms with E-state index in [0.717, 1.165) is 22.7 Å². The summed E-state index contributed by atoms with van der Waals surface area (Å²) in [5, 5.41) is 10.9. The summed E-state index contributed by atoms with van der Waals surface area (Å²) >= 11 is 1.87. The first-order valence-corrected chi connectivity index (χ1v) is 8.32. The Kier molecular flexibility index (Phi) is 4.34. The van der Waals surface area contributed by atoms with Gasteiger partial charge in [0.1, 0.15) is 0 Å². The Labute approximate surface area is 127 Å². The number of hydrogen-bond donors (Lipinski definition) is 3. The molecule has 21 heavy (non-hydrogen) atoms. The van der Waals surface area contributed by atoms with Gasteiger partial charge in [-0.2, -0.15) is 0 Å². The van der Waals surface area contributed by atoms with E-state index in [1.807, 2.05) is 23.9 Å². The van der Waals surface area contributed by atoms with Gasteiger partial charge in [0.25, 0.3) is 0 Å². The van der Waals surface area contributed by atoms with E-state index in [0.29, 0.717) is 0 Å². The second-order valence-electron chi connectivity index (χ2n) is 5.51. The first-order chi connectivity index (χ1) is 10.2. The number of nitrogens with zero attached hydrogens (tertiary/aromatic N) is 1. The SMILES string of the molecule is O=C(O)Nc1nc2cc(SCC3CCCCC3)ccc2[nH]1. The lowest BCUT2D eigenvalue weighted by Gasteiger charge is -2.20. The van der Waals surface area contributed by atoms with Crippen molar-refractivity contribution in [2.24, 2.45) is 5.92 Å². The molecular formula is C15H19N3O2S. The van der Waals surface area contributed by atoms with E-state index >= 15 is 0 Å². The summed E-state index contributed by atoms with van der Waals surface area (Å²) in [5.41, 5.74) is 1.65. The predicted octanol–water partition coefficient (Wildman–Crippen LogP) is 4.33. The highest BCUT2D eigenvalue weighted by Gasteiger charge is 2.14. The molecule has 6 heteroatoms. The lowest BCUT2D eigenvalue weighted by Crippen LogP contribution is -2.08. The largest absolute Gasteiger partial charge is 0.465 e. The predicted molar refractivity (Wildman–Crippen MR) is 85.0 cm³/mol. The lowest BCUT2D eigenvalue weighted by molar-refractivity contribution is 0.209. The maximum atomic E-state index is 10.6. The maximum absolute atomic E-state index is 10.6. The fourth-order valence-corrected chi connectivity index (χ4v) is 3.92. The summed E-state index contributed by atoms with van der Waals surface area (Å²) in [4.78, 5) is 19.0. The van der Waals surface area contributed by atoms with Crippen LogP contribution in [-0.2, 0) is 0 Å². The molecule has 0 radical (unpaired) electrons. The second-order valence-corrected chi connectivity index (χ2v) is 6.60. The van der Waals surface area contributed by atoms with E-state index in [4.69, 9.17) is 5.11 Å². The number of hydrogen-bond acceptors (Lipinski definition) is 3. The van der Waals surface area contributed by atoms with Crippen molar-refractivity contribution >= 4 is 34.8 Å². The summed E-state index contributed by atoms with van der Waals surface area (Å²) in [6, 6.07) is 6.05. The summed E-state index contributed by atoms with van der Waals surface area (Å²) in [6.45, 7) is 0. The number of anilines is 1. The average Bonchev–Trinajstić information content (AvgIpc) is 2.86. The van der Waals surface area contributed by atoms with E-state index in [-0.39, 0.29) is 5.95 Å². The third kappa shape index (κ3) is 3.69. The van der Waals surface area contributed by atoms with E-state index in [1.54, 1.807) is 0 Å². The van der Waals surface area contributed by atoms with Gasteiger partial charge in [0.2, 0.25) is 5.95 Å². The number of carboxylic acid groups (broad SMARTS) is 1. The number of carbonyl (C=O) groups is 1. The number of benzene rings is 1. The van der Waals surface area contributed by atoms with Crippen LogP contribution in [0, 0.1) is 5.92 Å². The van der Waals surface area contributed by atoms with Crippen molar-refractivity contribution in [1.82, 2.24) is 9.97 Å². The summed E-state index contributed by atoms with van der Waals surface area (Å²) < 4.78 is 0. The van der Waals surface area contributed by atoms with Gasteiger partial charge in [-0.1, -0.05) is 19.3 Å². The molecule has 0 saturated heterocycles. The summed E-state index contributed by atoms with van der Waals surface area (Å²) in [5.74, 6) is 2.27. The quantitative estimate of drug-likeness (QED) is 0.735. The molecule has 0 spiro atoms. The number of H-pyrrole nitrogens is 1. The van der Waals surface area contributed by atoms with Crippen LogP contribution in [0.5, 0.6) is 0 Å². The molecule has 0 bridgehead atoms. The first-order valence-electron chi connectivity index (χ1n) is 7.33. The van der Waals surface area contributed by atoms with Crippen LogP contribution >= 0.6 is 11.8 Å². The minimum absolute atomic E-state index is 0.270. The van der Waals surface area contributed by atoms with Crippen molar-refractivity contribution in [3.63, 3.8) is 0 Å². The van der Waals surface area contributed by atoms with Crippen LogP contribution < -0.4 is 5.32 Å². The highest BCUT2D eigenvalue weighted by Crippen LogP contribution is 2.31. The Bertz CT molecular complexity index is 635. The fraction of sp³-hybridized carbons (Fsp3) is 0.467. The monoisotopic (exact) mass is 305 g/mol. The highest BCUT2D eigenvalue weighted by molar-refractivity contribution is 7.99. The van der Waals surface area contributed by atoms with Gasteiger partial charge < -0.3 is 10.1 Å². The molecule has 1 aliphatic rings. The third-order valence-corrected chi connectivity index (χ3v) is 5.12. The number of fused-ring (bicyclic) bond motifs is 1. The Morgan fingerprint density at radius 3 is 2.95 bits per heavy atom. The Balaban J connectivity index is 1.66. The van der Waals surface area contributed by atoms with Gasteiger partial charge in [0.15, 0.2) is 0 Å². The molecule has 1 aromatic heterocycles. The standard InChI is InChI=1S/C15H19N3O2S/c19-15(20)18-14-16-12-7-6-11(8-13(12)17-14)21-9-10-4-2-1-3-5-10/h6-8,10H,1-5,9H2,(H,19,20)(H2,16,17,18). The molecule has 3 N–H and O–H groups in total. The minimum atomic E-state index is -1.11. The van der Waals surface area contributed by atoms with Gasteiger partial charge in [-0.15, -0.1) is 11.8 Å². The fourth-order valence-electron chi connectivity index (χ4n) is 2.80. The summed E-state index contributed by atoms with van der Waals surface area (Å²) in [6.07, 6.45) is 5.72. The average molecular weight is 305 g/mol. The van der Waals surface area contributed by atoms with Crippen LogP contribution in [0.2, 0.25) is 0 Å². The molecule has 0 unspecified atom stereocenters. The molecular weight excluding hydrogens is 286 g/mol. The van der Waals surface area contributed by atoms with E-state index in [9.17, 15) is 4.79 Å². The second kappa shape index (κ2) is 6.39. The van der Waals surface area contributed by atoms with E-state index in [2.05, 4.69) is 21.4 Å².